The number of hydrogen-bond donors (Lipinski definition) is 5. The molecule has 9 nitrogen and oxygen atoms in total. The van der Waals surface area contributed by atoms with Gasteiger partial charge in [0.2, 0.25) is 0 Å². The third-order valence-electron chi connectivity index (χ3n) is 3.70. The van der Waals surface area contributed by atoms with Crippen molar-refractivity contribution in [2.75, 3.05) is 13.7 Å². The lowest BCUT2D eigenvalue weighted by Crippen LogP contribution is -2.59. The quantitative estimate of drug-likeness (QED) is 0.257. The molecule has 138 valence electrons. The van der Waals surface area contributed by atoms with Crippen molar-refractivity contribution in [3.8, 4) is 11.5 Å². The van der Waals surface area contributed by atoms with Crippen molar-refractivity contribution in [2.24, 2.45) is 0 Å². The number of carbonyl (C=O) groups excluding carboxylic acids is 1. The number of phenols is 2. The van der Waals surface area contributed by atoms with Gasteiger partial charge in [0.15, 0.2) is 17.8 Å². The lowest BCUT2D eigenvalue weighted by molar-refractivity contribution is -0.294. The summed E-state index contributed by atoms with van der Waals surface area (Å²) in [4.78, 5) is 11.7. The van der Waals surface area contributed by atoms with E-state index in [0.29, 0.717) is 5.56 Å². The highest BCUT2D eigenvalue weighted by Crippen LogP contribution is 2.25. The van der Waals surface area contributed by atoms with Gasteiger partial charge < -0.3 is 39.7 Å². The molecule has 1 aliphatic rings. The van der Waals surface area contributed by atoms with E-state index in [0.717, 1.165) is 6.08 Å². The van der Waals surface area contributed by atoms with E-state index in [1.165, 1.54) is 31.4 Å². The molecule has 1 aromatic rings. The van der Waals surface area contributed by atoms with Crippen molar-refractivity contribution in [1.82, 2.24) is 0 Å². The molecule has 0 bridgehead atoms. The minimum atomic E-state index is -1.50. The van der Waals surface area contributed by atoms with Gasteiger partial charge in [0.05, 0.1) is 0 Å². The van der Waals surface area contributed by atoms with E-state index in [-0.39, 0.29) is 18.1 Å². The maximum Gasteiger partial charge on any atom is 0.330 e. The van der Waals surface area contributed by atoms with E-state index < -0.39 is 36.7 Å². The normalized spacial score (nSPS) is 29.7. The van der Waals surface area contributed by atoms with Crippen LogP contribution in [0.3, 0.4) is 0 Å². The first-order valence-corrected chi connectivity index (χ1v) is 7.42. The van der Waals surface area contributed by atoms with Gasteiger partial charge in [-0.3, -0.25) is 0 Å². The van der Waals surface area contributed by atoms with Gasteiger partial charge in [-0.25, -0.2) is 4.79 Å². The Labute approximate surface area is 143 Å². The fraction of sp³-hybridized carbons (Fsp3) is 0.438. The van der Waals surface area contributed by atoms with Crippen molar-refractivity contribution < 1.29 is 44.5 Å². The summed E-state index contributed by atoms with van der Waals surface area (Å²) in [6.07, 6.45) is -4.16. The minimum Gasteiger partial charge on any atom is -0.504 e. The van der Waals surface area contributed by atoms with E-state index in [9.17, 15) is 30.3 Å². The average molecular weight is 356 g/mol. The Balaban J connectivity index is 1.90. The molecule has 9 heteroatoms. The summed E-state index contributed by atoms with van der Waals surface area (Å²) in [5.74, 6) is -1.36. The number of esters is 1. The number of hydrogen-bond acceptors (Lipinski definition) is 9. The van der Waals surface area contributed by atoms with E-state index in [1.54, 1.807) is 0 Å². The van der Waals surface area contributed by atoms with E-state index in [2.05, 4.69) is 0 Å². The zero-order chi connectivity index (χ0) is 18.6. The maximum atomic E-state index is 11.7. The number of phenolic OH excluding ortho intramolecular Hbond substituents is 2. The SMILES string of the molecule is CO[C@H]1O[C@H](COC(=O)/C=C/c2ccc(O)c(O)c2)[C@@H](O)[C@H](O)[C@H]1O. The molecule has 5 atom stereocenters. The van der Waals surface area contributed by atoms with Gasteiger partial charge in [0.25, 0.3) is 0 Å². The minimum absolute atomic E-state index is 0.281. The van der Waals surface area contributed by atoms with Crippen LogP contribution in [-0.4, -0.2) is 75.9 Å². The fourth-order valence-electron chi connectivity index (χ4n) is 2.27. The van der Waals surface area contributed by atoms with Crippen LogP contribution in [0.1, 0.15) is 5.56 Å². The van der Waals surface area contributed by atoms with E-state index in [1.807, 2.05) is 0 Å². The highest BCUT2D eigenvalue weighted by molar-refractivity contribution is 5.87. The van der Waals surface area contributed by atoms with Crippen molar-refractivity contribution in [1.29, 1.82) is 0 Å². The van der Waals surface area contributed by atoms with Gasteiger partial charge in [-0.05, 0) is 23.8 Å². The first-order chi connectivity index (χ1) is 11.8. The highest BCUT2D eigenvalue weighted by Gasteiger charge is 2.44. The van der Waals surface area contributed by atoms with Gasteiger partial charge in [0, 0.05) is 13.2 Å². The van der Waals surface area contributed by atoms with Crippen molar-refractivity contribution >= 4 is 12.0 Å². The highest BCUT2D eigenvalue weighted by atomic mass is 16.7. The molecule has 1 heterocycles. The topological polar surface area (TPSA) is 146 Å². The first kappa shape index (κ1) is 19.2. The number of aromatic hydroxyl groups is 2. The number of methoxy groups -OCH3 is 1. The van der Waals surface area contributed by atoms with Crippen LogP contribution in [0.15, 0.2) is 24.3 Å². The predicted molar refractivity (Wildman–Crippen MR) is 83.5 cm³/mol. The maximum absolute atomic E-state index is 11.7. The number of ether oxygens (including phenoxy) is 3. The fourth-order valence-corrected chi connectivity index (χ4v) is 2.27. The monoisotopic (exact) mass is 356 g/mol. The standard InChI is InChI=1S/C16H20O9/c1-23-16-15(22)14(21)13(20)11(25-16)7-24-12(19)5-3-8-2-4-9(17)10(18)6-8/h2-6,11,13-18,20-22H,7H2,1H3/b5-3+/t11-,13-,14+,15-,16+/m1/s1. The van der Waals surface area contributed by atoms with Crippen LogP contribution in [-0.2, 0) is 19.0 Å². The van der Waals surface area contributed by atoms with Gasteiger partial charge >= 0.3 is 5.97 Å². The number of benzene rings is 1. The summed E-state index contributed by atoms with van der Waals surface area (Å²) in [6.45, 7) is -0.366. The molecule has 2 rings (SSSR count). The molecule has 0 unspecified atom stereocenters. The molecule has 1 aromatic carbocycles. The molecular formula is C16H20O9. The molecule has 1 fully saturated rings. The van der Waals surface area contributed by atoms with Crippen LogP contribution in [0, 0.1) is 0 Å². The number of carbonyl (C=O) groups is 1. The number of aliphatic hydroxyl groups excluding tert-OH is 3. The lowest BCUT2D eigenvalue weighted by atomic mass is 9.99. The Kier molecular flexibility index (Phi) is 6.34. The average Bonchev–Trinajstić information content (AvgIpc) is 2.60. The molecule has 0 aromatic heterocycles. The molecule has 1 aliphatic heterocycles. The van der Waals surface area contributed by atoms with Crippen molar-refractivity contribution in [2.45, 2.75) is 30.7 Å². The van der Waals surface area contributed by atoms with Gasteiger partial charge in [-0.2, -0.15) is 0 Å². The molecule has 1 saturated heterocycles. The molecule has 0 aliphatic carbocycles. The summed E-state index contributed by atoms with van der Waals surface area (Å²) >= 11 is 0. The van der Waals surface area contributed by atoms with E-state index in [4.69, 9.17) is 14.2 Å². The van der Waals surface area contributed by atoms with Crippen molar-refractivity contribution in [3.63, 3.8) is 0 Å². The van der Waals surface area contributed by atoms with Crippen LogP contribution in [0.5, 0.6) is 11.5 Å². The largest absolute Gasteiger partial charge is 0.504 e. The number of aliphatic hydroxyl groups is 3. The summed E-state index contributed by atoms with van der Waals surface area (Å²) < 4.78 is 15.0. The Morgan fingerprint density at radius 3 is 2.52 bits per heavy atom. The molecule has 5 N–H and O–H groups in total. The molecular weight excluding hydrogens is 336 g/mol. The zero-order valence-corrected chi connectivity index (χ0v) is 13.3. The number of rotatable bonds is 5. The Hall–Kier alpha value is -2.17. The molecule has 0 spiro atoms. The summed E-state index contributed by atoms with van der Waals surface area (Å²) in [5.41, 5.74) is 0.458. The Bertz CT molecular complexity index is 628. The Morgan fingerprint density at radius 2 is 1.88 bits per heavy atom. The van der Waals surface area contributed by atoms with Gasteiger partial charge in [0.1, 0.15) is 31.0 Å². The van der Waals surface area contributed by atoms with Crippen LogP contribution >= 0.6 is 0 Å². The third kappa shape index (κ3) is 4.68. The van der Waals surface area contributed by atoms with Crippen LogP contribution < -0.4 is 0 Å². The van der Waals surface area contributed by atoms with Gasteiger partial charge in [-0.1, -0.05) is 6.07 Å². The summed E-state index contributed by atoms with van der Waals surface area (Å²) in [6, 6.07) is 4.01. The molecule has 0 amide bonds. The zero-order valence-electron chi connectivity index (χ0n) is 13.3. The molecule has 0 radical (unpaired) electrons. The summed E-state index contributed by atoms with van der Waals surface area (Å²) in [7, 11) is 1.26. The second kappa shape index (κ2) is 8.28. The Morgan fingerprint density at radius 1 is 1.16 bits per heavy atom. The first-order valence-electron chi connectivity index (χ1n) is 7.42. The second-order valence-electron chi connectivity index (χ2n) is 5.46. The summed E-state index contributed by atoms with van der Waals surface area (Å²) in [5, 5.41) is 47.8. The lowest BCUT2D eigenvalue weighted by Gasteiger charge is -2.39. The van der Waals surface area contributed by atoms with E-state index >= 15 is 0 Å². The third-order valence-corrected chi connectivity index (χ3v) is 3.70. The van der Waals surface area contributed by atoms with Crippen LogP contribution in [0.4, 0.5) is 0 Å². The van der Waals surface area contributed by atoms with Gasteiger partial charge in [-0.15, -0.1) is 0 Å². The van der Waals surface area contributed by atoms with Crippen LogP contribution in [0.2, 0.25) is 0 Å². The predicted octanol–water partition coefficient (Wildman–Crippen LogP) is -0.892. The second-order valence-corrected chi connectivity index (χ2v) is 5.46. The molecule has 25 heavy (non-hydrogen) atoms. The molecule has 0 saturated carbocycles. The smallest absolute Gasteiger partial charge is 0.330 e. The van der Waals surface area contributed by atoms with Crippen molar-refractivity contribution in [3.05, 3.63) is 29.8 Å². The van der Waals surface area contributed by atoms with Crippen LogP contribution in [0.25, 0.3) is 6.08 Å².